The lowest BCUT2D eigenvalue weighted by atomic mass is 10.0. The molecule has 0 bridgehead atoms. The minimum absolute atomic E-state index is 0.150. The molecule has 25 heavy (non-hydrogen) atoms. The van der Waals surface area contributed by atoms with E-state index in [4.69, 9.17) is 5.73 Å². The van der Waals surface area contributed by atoms with Gasteiger partial charge in [0.1, 0.15) is 0 Å². The Bertz CT molecular complexity index is 630. The van der Waals surface area contributed by atoms with Gasteiger partial charge in [-0.15, -0.1) is 0 Å². The van der Waals surface area contributed by atoms with Gasteiger partial charge in [-0.25, -0.2) is 4.79 Å². The summed E-state index contributed by atoms with van der Waals surface area (Å²) >= 11 is 0. The summed E-state index contributed by atoms with van der Waals surface area (Å²) in [7, 11) is 0. The molecule has 1 aromatic rings. The first-order chi connectivity index (χ1) is 11.7. The minimum Gasteiger partial charge on any atom is -0.479 e. The van der Waals surface area contributed by atoms with Crippen molar-refractivity contribution < 1.29 is 24.3 Å². The van der Waals surface area contributed by atoms with Crippen molar-refractivity contribution in [1.82, 2.24) is 10.6 Å². The summed E-state index contributed by atoms with van der Waals surface area (Å²) in [6, 6.07) is 5.96. The quantitative estimate of drug-likeness (QED) is 0.462. The molecule has 0 spiro atoms. The number of nitrogens with two attached hydrogens (primary N) is 1. The van der Waals surface area contributed by atoms with E-state index in [0.717, 1.165) is 0 Å². The van der Waals surface area contributed by atoms with Crippen molar-refractivity contribution in [1.29, 1.82) is 0 Å². The maximum atomic E-state index is 11.9. The third kappa shape index (κ3) is 6.72. The molecule has 8 heteroatoms. The average molecular weight is 349 g/mol. The third-order valence-electron chi connectivity index (χ3n) is 3.38. The van der Waals surface area contributed by atoms with Crippen LogP contribution in [0, 0.1) is 5.92 Å². The van der Waals surface area contributed by atoms with Crippen molar-refractivity contribution in [2.75, 3.05) is 6.54 Å². The fourth-order valence-corrected chi connectivity index (χ4v) is 2.18. The molecule has 0 fully saturated rings. The molecule has 0 saturated heterocycles. The predicted octanol–water partition coefficient (Wildman–Crippen LogP) is -0.0128. The zero-order chi connectivity index (χ0) is 19.0. The van der Waals surface area contributed by atoms with Crippen molar-refractivity contribution in [2.45, 2.75) is 32.4 Å². The van der Waals surface area contributed by atoms with Crippen molar-refractivity contribution in [3.63, 3.8) is 0 Å². The van der Waals surface area contributed by atoms with Gasteiger partial charge in [0.15, 0.2) is 6.04 Å². The van der Waals surface area contributed by atoms with Crippen LogP contribution in [0.5, 0.6) is 0 Å². The van der Waals surface area contributed by atoms with E-state index in [1.54, 1.807) is 30.3 Å². The molecule has 1 rings (SSSR count). The van der Waals surface area contributed by atoms with E-state index in [1.807, 2.05) is 13.8 Å². The monoisotopic (exact) mass is 349 g/mol. The summed E-state index contributed by atoms with van der Waals surface area (Å²) < 4.78 is 0. The van der Waals surface area contributed by atoms with E-state index < -0.39 is 42.2 Å². The Morgan fingerprint density at radius 3 is 2.24 bits per heavy atom. The van der Waals surface area contributed by atoms with Crippen LogP contribution in [-0.2, 0) is 19.2 Å². The summed E-state index contributed by atoms with van der Waals surface area (Å²) in [6.07, 6.45) is 0.355. The lowest BCUT2D eigenvalue weighted by Gasteiger charge is -2.16. The van der Waals surface area contributed by atoms with Gasteiger partial charge in [-0.3, -0.25) is 14.4 Å². The first-order valence-electron chi connectivity index (χ1n) is 7.87. The minimum atomic E-state index is -1.25. The molecule has 0 aromatic heterocycles. The van der Waals surface area contributed by atoms with Gasteiger partial charge >= 0.3 is 5.97 Å². The molecule has 0 aliphatic heterocycles. The maximum Gasteiger partial charge on any atom is 0.330 e. The Labute approximate surface area is 145 Å². The molecule has 8 nitrogen and oxygen atoms in total. The van der Waals surface area contributed by atoms with Crippen LogP contribution < -0.4 is 16.4 Å². The summed E-state index contributed by atoms with van der Waals surface area (Å²) in [5.74, 6) is -3.58. The van der Waals surface area contributed by atoms with Crippen LogP contribution in [0.2, 0.25) is 0 Å². The van der Waals surface area contributed by atoms with E-state index in [-0.39, 0.29) is 5.92 Å². The number of ketones is 1. The van der Waals surface area contributed by atoms with Crippen LogP contribution in [-0.4, -0.2) is 41.3 Å². The van der Waals surface area contributed by atoms with Crippen LogP contribution in [0.3, 0.4) is 0 Å². The van der Waals surface area contributed by atoms with E-state index >= 15 is 0 Å². The number of rotatable bonds is 9. The van der Waals surface area contributed by atoms with Gasteiger partial charge in [-0.1, -0.05) is 44.2 Å². The number of amides is 2. The number of carbonyl (C=O) groups is 4. The van der Waals surface area contributed by atoms with Crippen molar-refractivity contribution >= 4 is 23.6 Å². The topological polar surface area (TPSA) is 139 Å². The Morgan fingerprint density at radius 1 is 1.12 bits per heavy atom. The van der Waals surface area contributed by atoms with Crippen LogP contribution >= 0.6 is 0 Å². The first-order valence-corrected chi connectivity index (χ1v) is 7.87. The predicted molar refractivity (Wildman–Crippen MR) is 90.4 cm³/mol. The Kier molecular flexibility index (Phi) is 7.74. The van der Waals surface area contributed by atoms with Crippen LogP contribution in [0.4, 0.5) is 0 Å². The summed E-state index contributed by atoms with van der Waals surface area (Å²) in [5.41, 5.74) is 6.03. The third-order valence-corrected chi connectivity index (χ3v) is 3.38. The molecular formula is C17H23N3O5. The highest BCUT2D eigenvalue weighted by molar-refractivity contribution is 6.38. The van der Waals surface area contributed by atoms with Crippen molar-refractivity contribution in [3.8, 4) is 0 Å². The van der Waals surface area contributed by atoms with E-state index in [9.17, 15) is 24.3 Å². The fraction of sp³-hybridized carbons (Fsp3) is 0.412. The van der Waals surface area contributed by atoms with Crippen molar-refractivity contribution in [2.24, 2.45) is 11.7 Å². The zero-order valence-electron chi connectivity index (χ0n) is 14.2. The van der Waals surface area contributed by atoms with Crippen LogP contribution in [0.25, 0.3) is 0 Å². The highest BCUT2D eigenvalue weighted by atomic mass is 16.4. The maximum absolute atomic E-state index is 11.9. The number of Topliss-reactive ketones (excluding diaryl/α,β-unsaturated/α-hetero) is 1. The van der Waals surface area contributed by atoms with E-state index in [2.05, 4.69) is 10.6 Å². The second-order valence-corrected chi connectivity index (χ2v) is 6.03. The van der Waals surface area contributed by atoms with Crippen LogP contribution in [0.1, 0.15) is 31.9 Å². The number of carboxylic acids is 1. The molecule has 2 amide bonds. The highest BCUT2D eigenvalue weighted by Gasteiger charge is 2.25. The lowest BCUT2D eigenvalue weighted by molar-refractivity contribution is -0.142. The number of benzene rings is 1. The normalized spacial score (nSPS) is 13.0. The average Bonchev–Trinajstić information content (AvgIpc) is 2.56. The summed E-state index contributed by atoms with van der Waals surface area (Å²) in [6.45, 7) is 3.22. The number of aliphatic carboxylic acids is 1. The number of carbonyl (C=O) groups excluding carboxylic acids is 3. The molecule has 5 N–H and O–H groups in total. The molecule has 136 valence electrons. The second-order valence-electron chi connectivity index (χ2n) is 6.03. The number of nitrogens with one attached hydrogen (secondary N) is 2. The number of carboxylic acid groups (broad SMARTS) is 1. The molecule has 1 aromatic carbocycles. The molecular weight excluding hydrogens is 326 g/mol. The Morgan fingerprint density at radius 2 is 1.72 bits per heavy atom. The molecule has 1 unspecified atom stereocenters. The van der Waals surface area contributed by atoms with Gasteiger partial charge in [0, 0.05) is 0 Å². The molecule has 0 radical (unpaired) electrons. The molecule has 0 heterocycles. The van der Waals surface area contributed by atoms with E-state index in [1.165, 1.54) is 0 Å². The lowest BCUT2D eigenvalue weighted by Crippen LogP contribution is -2.47. The SMILES string of the molecule is CC(C)CC(N)C(=O)C(=O)NCC(=O)N[C@H](C(=O)O)c1ccccc1. The van der Waals surface area contributed by atoms with Gasteiger partial charge in [0.25, 0.3) is 5.91 Å². The van der Waals surface area contributed by atoms with Gasteiger partial charge in [-0.05, 0) is 17.9 Å². The van der Waals surface area contributed by atoms with Crippen LogP contribution in [0.15, 0.2) is 30.3 Å². The number of hydrogen-bond donors (Lipinski definition) is 4. The molecule has 2 atom stereocenters. The molecule has 0 saturated carbocycles. The fourth-order valence-electron chi connectivity index (χ4n) is 2.18. The smallest absolute Gasteiger partial charge is 0.330 e. The van der Waals surface area contributed by atoms with Crippen molar-refractivity contribution in [3.05, 3.63) is 35.9 Å². The van der Waals surface area contributed by atoms with Gasteiger partial charge in [0.05, 0.1) is 12.6 Å². The largest absolute Gasteiger partial charge is 0.479 e. The second kappa shape index (κ2) is 9.53. The highest BCUT2D eigenvalue weighted by Crippen LogP contribution is 2.12. The molecule has 0 aliphatic rings. The van der Waals surface area contributed by atoms with Gasteiger partial charge in [-0.2, -0.15) is 0 Å². The zero-order valence-corrected chi connectivity index (χ0v) is 14.2. The number of hydrogen-bond acceptors (Lipinski definition) is 5. The molecule has 0 aliphatic carbocycles. The van der Waals surface area contributed by atoms with Gasteiger partial charge in [0.2, 0.25) is 11.7 Å². The summed E-state index contributed by atoms with van der Waals surface area (Å²) in [4.78, 5) is 46.7. The van der Waals surface area contributed by atoms with Gasteiger partial charge < -0.3 is 21.5 Å². The Hall–Kier alpha value is -2.74. The standard InChI is InChI=1S/C17H23N3O5/c1-10(2)8-12(18)15(22)16(23)19-9-13(21)20-14(17(24)25)11-6-4-3-5-7-11/h3-7,10,12,14H,8-9,18H2,1-2H3,(H,19,23)(H,20,21)(H,24,25)/t12?,14-/m0/s1. The van der Waals surface area contributed by atoms with E-state index in [0.29, 0.717) is 12.0 Å². The summed E-state index contributed by atoms with van der Waals surface area (Å²) in [5, 5.41) is 13.7. The Balaban J connectivity index is 2.57. The first kappa shape index (κ1) is 20.3.